The highest BCUT2D eigenvalue weighted by Gasteiger charge is 2.13. The monoisotopic (exact) mass is 289 g/mol. The van der Waals surface area contributed by atoms with Crippen molar-refractivity contribution in [2.75, 3.05) is 0 Å². The Bertz CT molecular complexity index is 387. The van der Waals surface area contributed by atoms with E-state index >= 15 is 0 Å². The highest BCUT2D eigenvalue weighted by molar-refractivity contribution is 6.00. The fraction of sp³-hybridized carbons (Fsp3) is 0.667. The van der Waals surface area contributed by atoms with Crippen molar-refractivity contribution in [2.45, 2.75) is 78.6 Å². The minimum Gasteiger partial charge on any atom is -0.540 e. The summed E-state index contributed by atoms with van der Waals surface area (Å²) in [6.07, 6.45) is 11.0. The molecule has 0 saturated carbocycles. The minimum atomic E-state index is 1.02. The second kappa shape index (κ2) is 10.0. The summed E-state index contributed by atoms with van der Waals surface area (Å²) in [5, 5.41) is 0. The van der Waals surface area contributed by atoms with E-state index in [-0.39, 0.29) is 0 Å². The van der Waals surface area contributed by atoms with Crippen LogP contribution in [0.25, 0.3) is 0 Å². The van der Waals surface area contributed by atoms with Crippen molar-refractivity contribution in [2.24, 2.45) is 0 Å². The van der Waals surface area contributed by atoms with Crippen molar-refractivity contribution in [3.8, 4) is 5.75 Å². The molecule has 0 aliphatic carbocycles. The van der Waals surface area contributed by atoms with Crippen LogP contribution in [-0.4, -0.2) is 10.5 Å². The molecule has 0 N–H and O–H groups in total. The molecule has 0 spiro atoms. The van der Waals surface area contributed by atoms with E-state index in [4.69, 9.17) is 4.43 Å². The summed E-state index contributed by atoms with van der Waals surface area (Å²) in [5.74, 6) is 1.02. The van der Waals surface area contributed by atoms with Gasteiger partial charge in [-0.05, 0) is 61.3 Å². The maximum atomic E-state index is 5.43. The smallest absolute Gasteiger partial charge is 0.341 e. The van der Waals surface area contributed by atoms with Gasteiger partial charge in [-0.2, -0.15) is 0 Å². The molecular formula is C18H29OSi. The molecule has 20 heavy (non-hydrogen) atoms. The molecule has 0 unspecified atom stereocenters. The van der Waals surface area contributed by atoms with Crippen LogP contribution in [0.15, 0.2) is 12.1 Å². The van der Waals surface area contributed by atoms with Gasteiger partial charge < -0.3 is 4.43 Å². The van der Waals surface area contributed by atoms with Crippen molar-refractivity contribution < 1.29 is 4.43 Å². The van der Waals surface area contributed by atoms with Crippen LogP contribution in [-0.2, 0) is 19.3 Å². The van der Waals surface area contributed by atoms with Gasteiger partial charge in [0, 0.05) is 0 Å². The first-order valence-corrected chi connectivity index (χ1v) is 8.66. The summed E-state index contributed by atoms with van der Waals surface area (Å²) < 4.78 is 5.43. The van der Waals surface area contributed by atoms with E-state index in [1.807, 2.05) is 0 Å². The van der Waals surface area contributed by atoms with Crippen LogP contribution in [0, 0.1) is 0 Å². The van der Waals surface area contributed by atoms with Crippen LogP contribution in [0.2, 0.25) is 0 Å². The van der Waals surface area contributed by atoms with Gasteiger partial charge in [-0.3, -0.25) is 0 Å². The van der Waals surface area contributed by atoms with Crippen LogP contribution >= 0.6 is 0 Å². The SMILES string of the molecule is CCCCc1ccc(O[Si])c(CCCC)c1CCCC. The maximum absolute atomic E-state index is 5.43. The number of benzene rings is 1. The normalized spacial score (nSPS) is 10.8. The summed E-state index contributed by atoms with van der Waals surface area (Å²) >= 11 is 0. The molecular weight excluding hydrogens is 260 g/mol. The summed E-state index contributed by atoms with van der Waals surface area (Å²) in [6, 6.07) is 4.41. The van der Waals surface area contributed by atoms with Gasteiger partial charge in [-0.1, -0.05) is 46.1 Å². The lowest BCUT2D eigenvalue weighted by Crippen LogP contribution is -2.04. The molecule has 1 nitrogen and oxygen atoms in total. The molecule has 3 radical (unpaired) electrons. The van der Waals surface area contributed by atoms with Gasteiger partial charge in [0.15, 0.2) is 0 Å². The van der Waals surface area contributed by atoms with Crippen LogP contribution < -0.4 is 4.43 Å². The summed E-state index contributed by atoms with van der Waals surface area (Å²) in [6.45, 7) is 6.78. The van der Waals surface area contributed by atoms with Gasteiger partial charge in [0.25, 0.3) is 0 Å². The molecule has 0 aromatic heterocycles. The van der Waals surface area contributed by atoms with Gasteiger partial charge >= 0.3 is 10.5 Å². The third-order valence-corrected chi connectivity index (χ3v) is 4.18. The first kappa shape index (κ1) is 17.3. The van der Waals surface area contributed by atoms with E-state index in [0.717, 1.165) is 12.2 Å². The highest BCUT2D eigenvalue weighted by Crippen LogP contribution is 2.29. The van der Waals surface area contributed by atoms with E-state index in [9.17, 15) is 0 Å². The molecule has 111 valence electrons. The number of aryl methyl sites for hydroxylation is 1. The molecule has 0 bridgehead atoms. The molecule has 0 heterocycles. The highest BCUT2D eigenvalue weighted by atomic mass is 28.2. The van der Waals surface area contributed by atoms with Crippen molar-refractivity contribution >= 4 is 10.5 Å². The standard InChI is InChI=1S/C18H29OSi/c1-4-7-10-15-13-14-18(19-20)17(12-9-6-3)16(15)11-8-5-2/h13-14H,4-12H2,1-3H3. The maximum Gasteiger partial charge on any atom is 0.341 e. The third-order valence-electron chi connectivity index (χ3n) is 3.96. The zero-order valence-corrected chi connectivity index (χ0v) is 14.4. The van der Waals surface area contributed by atoms with E-state index < -0.39 is 0 Å². The molecule has 1 aromatic carbocycles. The average Bonchev–Trinajstić information content (AvgIpc) is 2.48. The quantitative estimate of drug-likeness (QED) is 0.539. The first-order valence-electron chi connectivity index (χ1n) is 8.25. The van der Waals surface area contributed by atoms with Crippen molar-refractivity contribution in [1.29, 1.82) is 0 Å². The number of hydrogen-bond donors (Lipinski definition) is 0. The van der Waals surface area contributed by atoms with Gasteiger partial charge in [-0.15, -0.1) is 0 Å². The summed E-state index contributed by atoms with van der Waals surface area (Å²) in [5.41, 5.74) is 4.53. The molecule has 0 aliphatic heterocycles. The summed E-state index contributed by atoms with van der Waals surface area (Å²) in [4.78, 5) is 0. The van der Waals surface area contributed by atoms with Crippen LogP contribution in [0.3, 0.4) is 0 Å². The molecule has 0 amide bonds. The lowest BCUT2D eigenvalue weighted by molar-refractivity contribution is 0.594. The summed E-state index contributed by atoms with van der Waals surface area (Å²) in [7, 11) is 3.23. The molecule has 0 saturated heterocycles. The molecule has 0 aliphatic rings. The van der Waals surface area contributed by atoms with Gasteiger partial charge in [0.2, 0.25) is 0 Å². The Hall–Kier alpha value is -0.763. The minimum absolute atomic E-state index is 1.02. The number of rotatable bonds is 10. The lowest BCUT2D eigenvalue weighted by Gasteiger charge is -2.18. The Kier molecular flexibility index (Phi) is 8.67. The van der Waals surface area contributed by atoms with E-state index in [0.29, 0.717) is 0 Å². The zero-order valence-electron chi connectivity index (χ0n) is 13.4. The van der Waals surface area contributed by atoms with Crippen molar-refractivity contribution in [3.63, 3.8) is 0 Å². The zero-order chi connectivity index (χ0) is 14.8. The van der Waals surface area contributed by atoms with Crippen molar-refractivity contribution in [3.05, 3.63) is 28.8 Å². The average molecular weight is 290 g/mol. The van der Waals surface area contributed by atoms with E-state index in [2.05, 4.69) is 43.4 Å². The molecule has 1 rings (SSSR count). The Morgan fingerprint density at radius 2 is 1.35 bits per heavy atom. The predicted octanol–water partition coefficient (Wildman–Crippen LogP) is 5.18. The van der Waals surface area contributed by atoms with Gasteiger partial charge in [-0.25, -0.2) is 0 Å². The van der Waals surface area contributed by atoms with E-state index in [1.54, 1.807) is 11.1 Å². The topological polar surface area (TPSA) is 9.23 Å². The fourth-order valence-electron chi connectivity index (χ4n) is 2.71. The van der Waals surface area contributed by atoms with Crippen LogP contribution in [0.5, 0.6) is 5.75 Å². The largest absolute Gasteiger partial charge is 0.540 e. The van der Waals surface area contributed by atoms with E-state index in [1.165, 1.54) is 56.9 Å². The Morgan fingerprint density at radius 1 is 0.800 bits per heavy atom. The Labute approximate surface area is 128 Å². The van der Waals surface area contributed by atoms with Gasteiger partial charge in [0.05, 0.1) is 0 Å². The molecule has 0 atom stereocenters. The second-order valence-corrected chi connectivity index (χ2v) is 5.80. The Balaban J connectivity index is 3.09. The lowest BCUT2D eigenvalue weighted by atomic mass is 9.90. The Morgan fingerprint density at radius 3 is 1.90 bits per heavy atom. The number of hydrogen-bond acceptors (Lipinski definition) is 1. The van der Waals surface area contributed by atoms with Gasteiger partial charge in [0.1, 0.15) is 5.75 Å². The predicted molar refractivity (Wildman–Crippen MR) is 88.7 cm³/mol. The number of unbranched alkanes of at least 4 members (excludes halogenated alkanes) is 3. The van der Waals surface area contributed by atoms with Crippen molar-refractivity contribution in [1.82, 2.24) is 0 Å². The molecule has 0 fully saturated rings. The third kappa shape index (κ3) is 4.97. The molecule has 1 aromatic rings. The first-order chi connectivity index (χ1) is 9.78. The van der Waals surface area contributed by atoms with Crippen LogP contribution in [0.1, 0.15) is 76.0 Å². The fourth-order valence-corrected chi connectivity index (χ4v) is 2.90. The second-order valence-electron chi connectivity index (χ2n) is 5.59. The molecule has 2 heteroatoms. The van der Waals surface area contributed by atoms with Crippen LogP contribution in [0.4, 0.5) is 0 Å².